The van der Waals surface area contributed by atoms with Crippen LogP contribution in [0.15, 0.2) is 15.8 Å². The van der Waals surface area contributed by atoms with Crippen LogP contribution in [0.3, 0.4) is 0 Å². The van der Waals surface area contributed by atoms with Crippen molar-refractivity contribution in [2.45, 2.75) is 76.8 Å². The minimum absolute atomic E-state index is 0.0538. The summed E-state index contributed by atoms with van der Waals surface area (Å²) in [4.78, 5) is 26.1. The molecule has 2 heterocycles. The van der Waals surface area contributed by atoms with Gasteiger partial charge < -0.3 is 9.84 Å². The zero-order chi connectivity index (χ0) is 18.9. The van der Waals surface area contributed by atoms with Gasteiger partial charge in [0.1, 0.15) is 24.1 Å². The van der Waals surface area contributed by atoms with Crippen molar-refractivity contribution in [3.63, 3.8) is 0 Å². The second kappa shape index (κ2) is 10.3. The molecular formula is C19H27FN2O4. The molecule has 26 heavy (non-hydrogen) atoms. The van der Waals surface area contributed by atoms with Crippen molar-refractivity contribution in [2.24, 2.45) is 0 Å². The van der Waals surface area contributed by atoms with Crippen molar-refractivity contribution >= 4 is 0 Å². The summed E-state index contributed by atoms with van der Waals surface area (Å²) in [6.45, 7) is 1.72. The number of ether oxygens (including phenoxy) is 1. The SMILES string of the molecule is CCCCCCCCC#Cc1cn([C@H]2C[C@H](F)[C@@H](CO)O2)c(=O)[nH]c1=O. The summed E-state index contributed by atoms with van der Waals surface area (Å²) in [6, 6.07) is 0. The highest BCUT2D eigenvalue weighted by atomic mass is 19.1. The Labute approximate surface area is 152 Å². The highest BCUT2D eigenvalue weighted by Gasteiger charge is 2.36. The van der Waals surface area contributed by atoms with Gasteiger partial charge in [-0.25, -0.2) is 9.18 Å². The third-order valence-electron chi connectivity index (χ3n) is 4.50. The van der Waals surface area contributed by atoms with Gasteiger partial charge in [0.25, 0.3) is 5.56 Å². The minimum Gasteiger partial charge on any atom is -0.394 e. The zero-order valence-electron chi connectivity index (χ0n) is 15.2. The van der Waals surface area contributed by atoms with Crippen molar-refractivity contribution in [2.75, 3.05) is 6.61 Å². The van der Waals surface area contributed by atoms with E-state index in [1.54, 1.807) is 0 Å². The lowest BCUT2D eigenvalue weighted by Crippen LogP contribution is -2.33. The molecule has 0 aliphatic carbocycles. The summed E-state index contributed by atoms with van der Waals surface area (Å²) in [7, 11) is 0. The summed E-state index contributed by atoms with van der Waals surface area (Å²) < 4.78 is 20.2. The fourth-order valence-electron chi connectivity index (χ4n) is 2.96. The fraction of sp³-hybridized carbons (Fsp3) is 0.684. The van der Waals surface area contributed by atoms with Gasteiger partial charge in [-0.15, -0.1) is 0 Å². The molecule has 0 radical (unpaired) electrons. The second-order valence-corrected chi connectivity index (χ2v) is 6.59. The molecule has 1 aliphatic rings. The average Bonchev–Trinajstić information content (AvgIpc) is 2.99. The molecule has 2 N–H and O–H groups in total. The number of hydrogen-bond donors (Lipinski definition) is 2. The van der Waals surface area contributed by atoms with Crippen molar-refractivity contribution in [3.05, 3.63) is 32.6 Å². The van der Waals surface area contributed by atoms with E-state index >= 15 is 0 Å². The lowest BCUT2D eigenvalue weighted by molar-refractivity contribution is -0.0356. The monoisotopic (exact) mass is 366 g/mol. The molecule has 0 bridgehead atoms. The van der Waals surface area contributed by atoms with E-state index in [2.05, 4.69) is 23.7 Å². The fourth-order valence-corrected chi connectivity index (χ4v) is 2.96. The van der Waals surface area contributed by atoms with E-state index < -0.39 is 36.4 Å². The van der Waals surface area contributed by atoms with E-state index in [0.717, 1.165) is 17.4 Å². The molecule has 0 unspecified atom stereocenters. The Kier molecular flexibility index (Phi) is 8.07. The van der Waals surface area contributed by atoms with E-state index in [1.165, 1.54) is 31.9 Å². The number of H-pyrrole nitrogens is 1. The average molecular weight is 366 g/mol. The largest absolute Gasteiger partial charge is 0.394 e. The maximum atomic E-state index is 13.7. The van der Waals surface area contributed by atoms with E-state index in [-0.39, 0.29) is 12.0 Å². The first-order valence-electron chi connectivity index (χ1n) is 9.31. The van der Waals surface area contributed by atoms with Crippen molar-refractivity contribution in [1.82, 2.24) is 9.55 Å². The molecule has 3 atom stereocenters. The molecule has 0 aromatic carbocycles. The molecule has 7 heteroatoms. The van der Waals surface area contributed by atoms with Gasteiger partial charge in [-0.2, -0.15) is 0 Å². The number of nitrogens with zero attached hydrogens (tertiary/aromatic N) is 1. The molecule has 0 amide bonds. The number of rotatable bonds is 8. The smallest absolute Gasteiger partial charge is 0.330 e. The van der Waals surface area contributed by atoms with Crippen LogP contribution in [0.5, 0.6) is 0 Å². The molecule has 2 rings (SSSR count). The second-order valence-electron chi connectivity index (χ2n) is 6.59. The molecule has 1 saturated heterocycles. The highest BCUT2D eigenvalue weighted by molar-refractivity contribution is 5.29. The summed E-state index contributed by atoms with van der Waals surface area (Å²) in [5, 5.41) is 9.07. The number of aromatic nitrogens is 2. The number of alkyl halides is 1. The maximum Gasteiger partial charge on any atom is 0.330 e. The van der Waals surface area contributed by atoms with Crippen LogP contribution in [0.25, 0.3) is 0 Å². The first-order chi connectivity index (χ1) is 12.6. The van der Waals surface area contributed by atoms with Gasteiger partial charge in [0.15, 0.2) is 0 Å². The van der Waals surface area contributed by atoms with E-state index in [9.17, 15) is 14.0 Å². The zero-order valence-corrected chi connectivity index (χ0v) is 15.2. The van der Waals surface area contributed by atoms with Crippen LogP contribution in [0, 0.1) is 11.8 Å². The molecule has 1 aromatic heterocycles. The Morgan fingerprint density at radius 1 is 1.31 bits per heavy atom. The van der Waals surface area contributed by atoms with Crippen molar-refractivity contribution in [3.8, 4) is 11.8 Å². The Morgan fingerprint density at radius 3 is 2.73 bits per heavy atom. The van der Waals surface area contributed by atoms with Crippen LogP contribution in [-0.4, -0.2) is 33.5 Å². The van der Waals surface area contributed by atoms with Crippen molar-refractivity contribution in [1.29, 1.82) is 0 Å². The topological polar surface area (TPSA) is 84.3 Å². The summed E-state index contributed by atoms with van der Waals surface area (Å²) >= 11 is 0. The van der Waals surface area contributed by atoms with Crippen LogP contribution in [0.4, 0.5) is 4.39 Å². The minimum atomic E-state index is -1.36. The van der Waals surface area contributed by atoms with E-state index in [0.29, 0.717) is 6.42 Å². The Morgan fingerprint density at radius 2 is 2.04 bits per heavy atom. The molecule has 144 valence electrons. The quantitative estimate of drug-likeness (QED) is 0.546. The van der Waals surface area contributed by atoms with Crippen LogP contribution < -0.4 is 11.2 Å². The van der Waals surface area contributed by atoms with Gasteiger partial charge in [0.2, 0.25) is 0 Å². The van der Waals surface area contributed by atoms with Crippen LogP contribution in [-0.2, 0) is 4.74 Å². The third-order valence-corrected chi connectivity index (χ3v) is 4.50. The number of halogens is 1. The lowest BCUT2D eigenvalue weighted by Gasteiger charge is -2.14. The Hall–Kier alpha value is -1.91. The number of aliphatic hydroxyl groups excluding tert-OH is 1. The number of aliphatic hydroxyl groups is 1. The molecule has 0 saturated carbocycles. The predicted octanol–water partition coefficient (Wildman–Crippen LogP) is 2.26. The first-order valence-corrected chi connectivity index (χ1v) is 9.31. The number of unbranched alkanes of at least 4 members (excludes halogenated alkanes) is 6. The van der Waals surface area contributed by atoms with Crippen LogP contribution in [0.1, 0.15) is 70.1 Å². The normalized spacial score (nSPS) is 22.2. The van der Waals surface area contributed by atoms with Gasteiger partial charge in [-0.3, -0.25) is 14.3 Å². The Balaban J connectivity index is 1.99. The van der Waals surface area contributed by atoms with E-state index in [4.69, 9.17) is 9.84 Å². The first kappa shape index (κ1) is 20.4. The number of hydrogen-bond acceptors (Lipinski definition) is 4. The van der Waals surface area contributed by atoms with Crippen LogP contribution in [0.2, 0.25) is 0 Å². The molecule has 1 fully saturated rings. The van der Waals surface area contributed by atoms with Gasteiger partial charge in [0.05, 0.1) is 6.61 Å². The summed E-state index contributed by atoms with van der Waals surface area (Å²) in [6.07, 6.45) is 5.75. The summed E-state index contributed by atoms with van der Waals surface area (Å²) in [5.41, 5.74) is -1.08. The molecule has 1 aliphatic heterocycles. The maximum absolute atomic E-state index is 13.7. The molecule has 0 spiro atoms. The van der Waals surface area contributed by atoms with E-state index in [1.807, 2.05) is 0 Å². The van der Waals surface area contributed by atoms with Gasteiger partial charge in [0, 0.05) is 19.0 Å². The predicted molar refractivity (Wildman–Crippen MR) is 96.7 cm³/mol. The van der Waals surface area contributed by atoms with Crippen molar-refractivity contribution < 1.29 is 14.2 Å². The molecule has 6 nitrogen and oxygen atoms in total. The third kappa shape index (κ3) is 5.55. The summed E-state index contributed by atoms with van der Waals surface area (Å²) in [5.74, 6) is 5.75. The molecular weight excluding hydrogens is 339 g/mol. The highest BCUT2D eigenvalue weighted by Crippen LogP contribution is 2.29. The number of aromatic amines is 1. The van der Waals surface area contributed by atoms with Crippen LogP contribution >= 0.6 is 0 Å². The van der Waals surface area contributed by atoms with Gasteiger partial charge in [-0.05, 0) is 6.42 Å². The van der Waals surface area contributed by atoms with Gasteiger partial charge in [-0.1, -0.05) is 50.9 Å². The molecule has 1 aromatic rings. The lowest BCUT2D eigenvalue weighted by atomic mass is 10.1. The Bertz CT molecular complexity index is 746. The standard InChI is InChI=1S/C19H27FN2O4/c1-2-3-4-5-6-7-8-9-10-14-12-22(19(25)21-18(14)24)17-11-15(20)16(13-23)26-17/h12,15-17,23H,2-8,11,13H2,1H3,(H,21,24,25)/t15-,16+,17+/m0/s1. The van der Waals surface area contributed by atoms with Gasteiger partial charge >= 0.3 is 5.69 Å². The number of nitrogens with one attached hydrogen (secondary N) is 1.